The number of aromatic nitrogens is 1. The van der Waals surface area contributed by atoms with Crippen molar-refractivity contribution < 1.29 is 4.74 Å². The van der Waals surface area contributed by atoms with E-state index < -0.39 is 0 Å². The van der Waals surface area contributed by atoms with E-state index in [1.54, 1.807) is 6.07 Å². The van der Waals surface area contributed by atoms with E-state index in [0.29, 0.717) is 18.4 Å². The summed E-state index contributed by atoms with van der Waals surface area (Å²) >= 11 is 0. The van der Waals surface area contributed by atoms with Crippen molar-refractivity contribution >= 4 is 0 Å². The van der Waals surface area contributed by atoms with E-state index in [1.807, 2.05) is 16.8 Å². The number of nitrogens with one attached hydrogen (secondary N) is 1. The third-order valence-electron chi connectivity index (χ3n) is 4.65. The molecule has 0 radical (unpaired) electrons. The Balaban J connectivity index is 1.74. The number of nitrogens with zero attached hydrogens (tertiary/aromatic N) is 1. The quantitative estimate of drug-likeness (QED) is 0.665. The zero-order chi connectivity index (χ0) is 16.3. The Hall–Kier alpha value is -1.29. The van der Waals surface area contributed by atoms with Gasteiger partial charge in [0, 0.05) is 12.2 Å². The van der Waals surface area contributed by atoms with Crippen LogP contribution in [0.25, 0.3) is 0 Å². The molecule has 2 rings (SSSR count). The summed E-state index contributed by atoms with van der Waals surface area (Å²) in [6.07, 6.45) is 12.7. The van der Waals surface area contributed by atoms with Crippen LogP contribution in [0.1, 0.15) is 70.8 Å². The van der Waals surface area contributed by atoms with Crippen LogP contribution in [-0.4, -0.2) is 24.3 Å². The van der Waals surface area contributed by atoms with Crippen LogP contribution in [0.2, 0.25) is 0 Å². The molecule has 0 bridgehead atoms. The Labute approximate surface area is 140 Å². The van der Waals surface area contributed by atoms with Crippen LogP contribution >= 0.6 is 0 Å². The molecule has 1 N–H and O–H groups in total. The van der Waals surface area contributed by atoms with Gasteiger partial charge in [0.1, 0.15) is 0 Å². The van der Waals surface area contributed by atoms with Crippen molar-refractivity contribution in [1.29, 1.82) is 0 Å². The lowest BCUT2D eigenvalue weighted by molar-refractivity contribution is 0.291. The molecule has 0 atom stereocenters. The van der Waals surface area contributed by atoms with E-state index >= 15 is 0 Å². The molecule has 4 heteroatoms. The molecule has 0 amide bonds. The smallest absolute Gasteiger partial charge is 0.293 e. The van der Waals surface area contributed by atoms with Crippen molar-refractivity contribution in [3.63, 3.8) is 0 Å². The second kappa shape index (κ2) is 10.5. The topological polar surface area (TPSA) is 43.3 Å². The van der Waals surface area contributed by atoms with Gasteiger partial charge in [-0.15, -0.1) is 0 Å². The summed E-state index contributed by atoms with van der Waals surface area (Å²) < 4.78 is 7.61. The maximum Gasteiger partial charge on any atom is 0.293 e. The highest BCUT2D eigenvalue weighted by atomic mass is 16.5. The second-order valence-electron chi connectivity index (χ2n) is 6.54. The van der Waals surface area contributed by atoms with Crippen LogP contribution in [0.3, 0.4) is 0 Å². The third kappa shape index (κ3) is 6.02. The molecule has 0 aliphatic carbocycles. The Kier molecular flexibility index (Phi) is 8.23. The minimum absolute atomic E-state index is 0.0299. The number of rotatable bonds is 10. The zero-order valence-corrected chi connectivity index (χ0v) is 14.6. The minimum atomic E-state index is 0.0299. The van der Waals surface area contributed by atoms with Gasteiger partial charge in [-0.1, -0.05) is 45.4 Å². The lowest BCUT2D eigenvalue weighted by Gasteiger charge is -2.25. The highest BCUT2D eigenvalue weighted by molar-refractivity contribution is 5.18. The van der Waals surface area contributed by atoms with Gasteiger partial charge in [0.05, 0.1) is 6.61 Å². The fourth-order valence-corrected chi connectivity index (χ4v) is 3.21. The van der Waals surface area contributed by atoms with Crippen LogP contribution in [0.15, 0.2) is 23.1 Å². The van der Waals surface area contributed by atoms with Gasteiger partial charge in [-0.2, -0.15) is 0 Å². The first-order chi connectivity index (χ1) is 11.3. The molecule has 1 aliphatic rings. The van der Waals surface area contributed by atoms with Crippen LogP contribution < -0.4 is 15.6 Å². The van der Waals surface area contributed by atoms with Crippen molar-refractivity contribution in [1.82, 2.24) is 9.88 Å². The first kappa shape index (κ1) is 18.1. The van der Waals surface area contributed by atoms with E-state index in [1.165, 1.54) is 38.5 Å². The van der Waals surface area contributed by atoms with E-state index in [9.17, 15) is 4.79 Å². The predicted molar refractivity (Wildman–Crippen MR) is 95.3 cm³/mol. The maximum atomic E-state index is 12.5. The number of hydrogen-bond acceptors (Lipinski definition) is 3. The van der Waals surface area contributed by atoms with Crippen molar-refractivity contribution in [2.45, 2.75) is 70.8 Å². The molecular formula is C19H32N2O2. The first-order valence-corrected chi connectivity index (χ1v) is 9.37. The Bertz CT molecular complexity index is 492. The number of ether oxygens (including phenoxy) is 1. The minimum Gasteiger partial charge on any atom is -0.488 e. The Morgan fingerprint density at radius 3 is 2.57 bits per heavy atom. The molecule has 0 aromatic carbocycles. The number of unbranched alkanes of at least 4 members (excludes halogenated alkanes) is 6. The molecule has 1 aromatic heterocycles. The van der Waals surface area contributed by atoms with Gasteiger partial charge in [-0.25, -0.2) is 0 Å². The first-order valence-electron chi connectivity index (χ1n) is 9.37. The molecule has 0 saturated carbocycles. The van der Waals surface area contributed by atoms with Crippen LogP contribution in [0, 0.1) is 0 Å². The van der Waals surface area contributed by atoms with Gasteiger partial charge >= 0.3 is 0 Å². The zero-order valence-electron chi connectivity index (χ0n) is 14.6. The summed E-state index contributed by atoms with van der Waals surface area (Å²) in [6, 6.07) is 4.05. The molecule has 23 heavy (non-hydrogen) atoms. The summed E-state index contributed by atoms with van der Waals surface area (Å²) in [4.78, 5) is 12.5. The maximum absolute atomic E-state index is 12.5. The van der Waals surface area contributed by atoms with Gasteiger partial charge in [0.25, 0.3) is 5.56 Å². The van der Waals surface area contributed by atoms with Crippen LogP contribution in [0.4, 0.5) is 0 Å². The molecular weight excluding hydrogens is 288 g/mol. The van der Waals surface area contributed by atoms with Crippen LogP contribution in [-0.2, 0) is 0 Å². The van der Waals surface area contributed by atoms with Crippen molar-refractivity contribution in [2.75, 3.05) is 19.7 Å². The summed E-state index contributed by atoms with van der Waals surface area (Å²) in [6.45, 7) is 4.87. The summed E-state index contributed by atoms with van der Waals surface area (Å²) in [5.41, 5.74) is 0.0299. The van der Waals surface area contributed by atoms with Gasteiger partial charge in [0.15, 0.2) is 5.75 Å². The SMILES string of the molecule is CCCCCCCCCOc1cccn(C2CCNCC2)c1=O. The fourth-order valence-electron chi connectivity index (χ4n) is 3.21. The molecule has 0 unspecified atom stereocenters. The van der Waals surface area contributed by atoms with E-state index in [-0.39, 0.29) is 5.56 Å². The van der Waals surface area contributed by atoms with Crippen molar-refractivity contribution in [3.8, 4) is 5.75 Å². The molecule has 2 heterocycles. The average Bonchev–Trinajstić information content (AvgIpc) is 2.59. The number of piperidine rings is 1. The van der Waals surface area contributed by atoms with Crippen LogP contribution in [0.5, 0.6) is 5.75 Å². The van der Waals surface area contributed by atoms with Gasteiger partial charge < -0.3 is 14.6 Å². The number of pyridine rings is 1. The highest BCUT2D eigenvalue weighted by Crippen LogP contribution is 2.17. The molecule has 0 spiro atoms. The van der Waals surface area contributed by atoms with Crippen molar-refractivity contribution in [3.05, 3.63) is 28.7 Å². The standard InChI is InChI=1S/C19H32N2O2/c1-2-3-4-5-6-7-8-16-23-18-10-9-15-21(19(18)22)17-11-13-20-14-12-17/h9-10,15,17,20H,2-8,11-14,16H2,1H3. The fraction of sp³-hybridized carbons (Fsp3) is 0.737. The molecule has 1 fully saturated rings. The van der Waals surface area contributed by atoms with Crippen molar-refractivity contribution in [2.24, 2.45) is 0 Å². The second-order valence-corrected chi connectivity index (χ2v) is 6.54. The molecule has 130 valence electrons. The Morgan fingerprint density at radius 2 is 1.83 bits per heavy atom. The summed E-state index contributed by atoms with van der Waals surface area (Å²) in [5, 5.41) is 3.34. The highest BCUT2D eigenvalue weighted by Gasteiger charge is 2.17. The molecule has 1 saturated heterocycles. The van der Waals surface area contributed by atoms with E-state index in [0.717, 1.165) is 32.4 Å². The van der Waals surface area contributed by atoms with Gasteiger partial charge in [-0.05, 0) is 44.5 Å². The largest absolute Gasteiger partial charge is 0.488 e. The molecule has 1 aliphatic heterocycles. The predicted octanol–water partition coefficient (Wildman–Crippen LogP) is 3.90. The third-order valence-corrected chi connectivity index (χ3v) is 4.65. The summed E-state index contributed by atoms with van der Waals surface area (Å²) in [7, 11) is 0. The van der Waals surface area contributed by atoms with E-state index in [2.05, 4.69) is 12.2 Å². The van der Waals surface area contributed by atoms with Gasteiger partial charge in [0.2, 0.25) is 0 Å². The Morgan fingerprint density at radius 1 is 1.13 bits per heavy atom. The molecule has 1 aromatic rings. The molecule has 4 nitrogen and oxygen atoms in total. The van der Waals surface area contributed by atoms with E-state index in [4.69, 9.17) is 4.74 Å². The number of hydrogen-bond donors (Lipinski definition) is 1. The lowest BCUT2D eigenvalue weighted by atomic mass is 10.1. The summed E-state index contributed by atoms with van der Waals surface area (Å²) in [5.74, 6) is 0.511. The lowest BCUT2D eigenvalue weighted by Crippen LogP contribution is -2.34. The normalized spacial score (nSPS) is 15.7. The monoisotopic (exact) mass is 320 g/mol. The van der Waals surface area contributed by atoms with Gasteiger partial charge in [-0.3, -0.25) is 4.79 Å². The average molecular weight is 320 g/mol.